The van der Waals surface area contributed by atoms with Gasteiger partial charge in [-0.15, -0.1) is 10.2 Å². The number of allylic oxidation sites excluding steroid dienone is 1. The first-order valence-corrected chi connectivity index (χ1v) is 9.80. The first-order chi connectivity index (χ1) is 12.6. The fraction of sp³-hybridized carbons (Fsp3) is 0.389. The zero-order valence-corrected chi connectivity index (χ0v) is 16.5. The topological polar surface area (TPSA) is 144 Å². The van der Waals surface area contributed by atoms with E-state index in [4.69, 9.17) is 23.6 Å². The normalized spacial score (nSPS) is 15.1. The van der Waals surface area contributed by atoms with Crippen LogP contribution < -0.4 is 28.9 Å². The van der Waals surface area contributed by atoms with Crippen LogP contribution in [-0.4, -0.2) is 23.8 Å². The summed E-state index contributed by atoms with van der Waals surface area (Å²) in [6.45, 7) is 10.2. The van der Waals surface area contributed by atoms with Crippen LogP contribution in [0.15, 0.2) is 22.7 Å². The molecule has 2 N–H and O–H groups in total. The molecule has 27 heavy (non-hydrogen) atoms. The third-order valence-corrected chi connectivity index (χ3v) is 4.05. The molecule has 0 bridgehead atoms. The molecule has 0 radical (unpaired) electrons. The zero-order valence-electron chi connectivity index (χ0n) is 15.8. The Labute approximate surface area is 160 Å². The second-order valence-corrected chi connectivity index (χ2v) is 6.87. The highest BCUT2D eigenvalue weighted by Crippen LogP contribution is 2.23. The summed E-state index contributed by atoms with van der Waals surface area (Å²) in [5.41, 5.74) is 9.04. The molecular weight excluding hydrogens is 372 g/mol. The Morgan fingerprint density at radius 3 is 2.44 bits per heavy atom. The van der Waals surface area contributed by atoms with Crippen LogP contribution >= 0.6 is 0 Å². The van der Waals surface area contributed by atoms with Crippen LogP contribution in [0.2, 0.25) is 0 Å². The van der Waals surface area contributed by atoms with Gasteiger partial charge in [0.25, 0.3) is 0 Å². The number of aliphatic imine (C=N–C) groups is 1. The molecule has 0 fully saturated rings. The molecule has 0 aliphatic heterocycles. The molecule has 9 heteroatoms. The minimum Gasteiger partial charge on any atom is -0.385 e. The average molecular weight is 395 g/mol. The van der Waals surface area contributed by atoms with Crippen molar-refractivity contribution in [3.8, 4) is 0 Å². The van der Waals surface area contributed by atoms with Crippen molar-refractivity contribution in [3.05, 3.63) is 34.7 Å². The van der Waals surface area contributed by atoms with Crippen molar-refractivity contribution in [2.75, 3.05) is 18.4 Å². The number of aromatic nitrogens is 2. The van der Waals surface area contributed by atoms with Gasteiger partial charge in [-0.05, 0) is 44.9 Å². The minimum absolute atomic E-state index is 0.808. The third kappa shape index (κ3) is 5.95. The molecule has 1 aromatic heterocycles. The second-order valence-electron chi connectivity index (χ2n) is 6.11. The molecule has 2 aromatic rings. The summed E-state index contributed by atoms with van der Waals surface area (Å²) in [7, 11) is -4.94. The molecule has 0 atom stereocenters. The summed E-state index contributed by atoms with van der Waals surface area (Å²) >= 11 is 0. The molecule has 0 amide bonds. The molecule has 3 rings (SSSR count). The number of anilines is 1. The summed E-state index contributed by atoms with van der Waals surface area (Å²) in [6, 6.07) is 4.30. The van der Waals surface area contributed by atoms with Crippen molar-refractivity contribution in [1.82, 2.24) is 4.98 Å². The SMILES string of the molecule is CCN=C1Cc2nc3cc(NCC)c(C)cc3[nH+]c2C=C1C.[O-][Cl+3]([O-])([O-])[O-]. The number of fused-ring (bicyclic) bond motifs is 2. The van der Waals surface area contributed by atoms with Crippen LogP contribution in [-0.2, 0) is 6.42 Å². The lowest BCUT2D eigenvalue weighted by atomic mass is 9.98. The minimum atomic E-state index is -4.94. The lowest BCUT2D eigenvalue weighted by Crippen LogP contribution is -2.68. The van der Waals surface area contributed by atoms with Gasteiger partial charge in [0.15, 0.2) is 0 Å². The van der Waals surface area contributed by atoms with E-state index in [0.717, 1.165) is 53.3 Å². The Hall–Kier alpha value is -2.10. The Kier molecular flexibility index (Phi) is 6.85. The van der Waals surface area contributed by atoms with Crippen LogP contribution in [0.4, 0.5) is 5.69 Å². The van der Waals surface area contributed by atoms with Gasteiger partial charge in [-0.25, -0.2) is 28.6 Å². The van der Waals surface area contributed by atoms with Crippen molar-refractivity contribution >= 4 is 28.5 Å². The van der Waals surface area contributed by atoms with Crippen molar-refractivity contribution in [3.63, 3.8) is 0 Å². The number of aromatic amines is 1. The van der Waals surface area contributed by atoms with Crippen LogP contribution in [0.3, 0.4) is 0 Å². The van der Waals surface area contributed by atoms with Gasteiger partial charge < -0.3 is 5.32 Å². The fourth-order valence-electron chi connectivity index (χ4n) is 2.92. The van der Waals surface area contributed by atoms with E-state index in [0.29, 0.717) is 0 Å². The van der Waals surface area contributed by atoms with E-state index < -0.39 is 10.2 Å². The number of benzene rings is 1. The highest BCUT2D eigenvalue weighted by atomic mass is 35.7. The lowest BCUT2D eigenvalue weighted by Gasteiger charge is -2.17. The van der Waals surface area contributed by atoms with Gasteiger partial charge in [0.2, 0.25) is 11.2 Å². The molecular formula is C18H23ClN4O4. The van der Waals surface area contributed by atoms with E-state index in [-0.39, 0.29) is 0 Å². The van der Waals surface area contributed by atoms with Crippen molar-refractivity contribution in [2.45, 2.75) is 34.1 Å². The number of halogens is 1. The predicted molar refractivity (Wildman–Crippen MR) is 92.5 cm³/mol. The number of hydrogen-bond donors (Lipinski definition) is 1. The quantitative estimate of drug-likeness (QED) is 0.667. The van der Waals surface area contributed by atoms with E-state index in [2.05, 4.69) is 61.2 Å². The Balaban J connectivity index is 0.000000465. The molecule has 1 aromatic carbocycles. The smallest absolute Gasteiger partial charge is 0.230 e. The van der Waals surface area contributed by atoms with Gasteiger partial charge in [0, 0.05) is 43.1 Å². The van der Waals surface area contributed by atoms with Gasteiger partial charge in [0.1, 0.15) is 11.2 Å². The second kappa shape index (κ2) is 8.73. The Morgan fingerprint density at radius 1 is 1.19 bits per heavy atom. The first-order valence-electron chi connectivity index (χ1n) is 8.56. The van der Waals surface area contributed by atoms with E-state index in [1.54, 1.807) is 0 Å². The van der Waals surface area contributed by atoms with Gasteiger partial charge in [-0.3, -0.25) is 4.99 Å². The van der Waals surface area contributed by atoms with E-state index in [1.807, 2.05) is 0 Å². The number of H-pyrrole nitrogens is 1. The van der Waals surface area contributed by atoms with Crippen LogP contribution in [0.25, 0.3) is 17.1 Å². The molecule has 1 heterocycles. The first kappa shape index (κ1) is 21.2. The maximum atomic E-state index is 8.49. The molecule has 1 aliphatic rings. The lowest BCUT2D eigenvalue weighted by molar-refractivity contribution is -2.00. The van der Waals surface area contributed by atoms with Crippen molar-refractivity contribution in [1.29, 1.82) is 0 Å². The van der Waals surface area contributed by atoms with Crippen molar-refractivity contribution in [2.24, 2.45) is 4.99 Å². The zero-order chi connectivity index (χ0) is 20.2. The summed E-state index contributed by atoms with van der Waals surface area (Å²) in [5, 5.41) is 3.39. The standard InChI is InChI=1S/C18H22N4.ClHO4/c1-5-19-13-9-17-15(7-11(13)3)21-16-8-12(4)14(20-6-2)10-18(16)22-17;2-1(3,4)5/h7-9,19H,5-6,10H2,1-4H3;(H,2,3,4,5). The van der Waals surface area contributed by atoms with Gasteiger partial charge >= 0.3 is 0 Å². The van der Waals surface area contributed by atoms with Gasteiger partial charge in [-0.2, -0.15) is 0 Å². The molecule has 0 saturated carbocycles. The van der Waals surface area contributed by atoms with Crippen LogP contribution in [0, 0.1) is 17.2 Å². The number of hydrogen-bond acceptors (Lipinski definition) is 7. The maximum absolute atomic E-state index is 8.49. The monoisotopic (exact) mass is 394 g/mol. The van der Waals surface area contributed by atoms with Gasteiger partial charge in [-0.1, -0.05) is 0 Å². The Bertz CT molecular complexity index is 885. The van der Waals surface area contributed by atoms with Crippen molar-refractivity contribution < 1.29 is 33.9 Å². The summed E-state index contributed by atoms with van der Waals surface area (Å²) < 4.78 is 34.0. The van der Waals surface area contributed by atoms with Crippen LogP contribution in [0.5, 0.6) is 0 Å². The molecule has 146 valence electrons. The molecule has 1 aliphatic carbocycles. The van der Waals surface area contributed by atoms with Crippen LogP contribution in [0.1, 0.15) is 37.7 Å². The number of rotatable bonds is 3. The summed E-state index contributed by atoms with van der Waals surface area (Å²) in [4.78, 5) is 13.0. The highest BCUT2D eigenvalue weighted by molar-refractivity contribution is 6.06. The summed E-state index contributed by atoms with van der Waals surface area (Å²) in [5.74, 6) is 0. The van der Waals surface area contributed by atoms with E-state index in [1.165, 1.54) is 11.1 Å². The van der Waals surface area contributed by atoms with E-state index >= 15 is 0 Å². The number of aryl methyl sites for hydroxylation is 1. The third-order valence-electron chi connectivity index (χ3n) is 4.05. The van der Waals surface area contributed by atoms with Gasteiger partial charge in [0.05, 0.1) is 0 Å². The highest BCUT2D eigenvalue weighted by Gasteiger charge is 2.22. The average Bonchev–Trinajstić information content (AvgIpc) is 2.54. The fourth-order valence-corrected chi connectivity index (χ4v) is 2.92. The summed E-state index contributed by atoms with van der Waals surface area (Å²) in [6.07, 6.45) is 2.97. The molecule has 0 saturated heterocycles. The molecule has 0 spiro atoms. The predicted octanol–water partition coefficient (Wildman–Crippen LogP) is -1.55. The molecule has 0 unspecified atom stereocenters. The Morgan fingerprint density at radius 2 is 1.85 bits per heavy atom. The largest absolute Gasteiger partial charge is 0.385 e. The maximum Gasteiger partial charge on any atom is 0.230 e. The number of nitrogens with one attached hydrogen (secondary N) is 2. The number of nitrogens with zero attached hydrogens (tertiary/aromatic N) is 2. The molecule has 8 nitrogen and oxygen atoms in total. The van der Waals surface area contributed by atoms with E-state index in [9.17, 15) is 0 Å².